The first-order valence-corrected chi connectivity index (χ1v) is 9.61. The maximum absolute atomic E-state index is 10.8. The van der Waals surface area contributed by atoms with Crippen LogP contribution in [0.25, 0.3) is 5.65 Å². The zero-order chi connectivity index (χ0) is 17.7. The molecule has 26 heavy (non-hydrogen) atoms. The van der Waals surface area contributed by atoms with Crippen molar-refractivity contribution in [2.75, 3.05) is 44.3 Å². The second kappa shape index (κ2) is 6.44. The van der Waals surface area contributed by atoms with Crippen molar-refractivity contribution in [3.05, 3.63) is 18.1 Å². The molecule has 0 amide bonds. The Hall–Kier alpha value is -1.77. The molecule has 2 aromatic heterocycles. The number of morpholine rings is 1. The zero-order valence-electron chi connectivity index (χ0n) is 15.2. The molecular formula is C18H26N6O2. The molecule has 1 aliphatic carbocycles. The molecule has 0 unspecified atom stereocenters. The van der Waals surface area contributed by atoms with Crippen molar-refractivity contribution in [3.8, 4) is 0 Å². The lowest BCUT2D eigenvalue weighted by atomic mass is 9.77. The number of aromatic nitrogens is 4. The van der Waals surface area contributed by atoms with Crippen molar-refractivity contribution in [2.45, 2.75) is 31.9 Å². The number of nitrogens with zero attached hydrogens (tertiary/aromatic N) is 6. The van der Waals surface area contributed by atoms with Crippen LogP contribution in [0.5, 0.6) is 0 Å². The fourth-order valence-corrected chi connectivity index (χ4v) is 5.07. The average Bonchev–Trinajstić information content (AvgIpc) is 3.27. The quantitative estimate of drug-likeness (QED) is 0.829. The summed E-state index contributed by atoms with van der Waals surface area (Å²) in [5.41, 5.74) is 2.90. The summed E-state index contributed by atoms with van der Waals surface area (Å²) < 4.78 is 7.24. The molecule has 4 atom stereocenters. The second-order valence-electron chi connectivity index (χ2n) is 7.95. The summed E-state index contributed by atoms with van der Waals surface area (Å²) in [6.07, 6.45) is 3.38. The largest absolute Gasteiger partial charge is 0.391 e. The third kappa shape index (κ3) is 2.76. The number of fused-ring (bicyclic) bond motifs is 2. The Morgan fingerprint density at radius 2 is 1.92 bits per heavy atom. The van der Waals surface area contributed by atoms with Gasteiger partial charge in [-0.2, -0.15) is 9.61 Å². The van der Waals surface area contributed by atoms with E-state index in [4.69, 9.17) is 4.74 Å². The maximum Gasteiger partial charge on any atom is 0.200 e. The van der Waals surface area contributed by atoms with Gasteiger partial charge in [0, 0.05) is 32.2 Å². The minimum atomic E-state index is -0.235. The van der Waals surface area contributed by atoms with E-state index in [1.807, 2.05) is 6.92 Å². The van der Waals surface area contributed by atoms with Gasteiger partial charge in [0.05, 0.1) is 30.7 Å². The molecule has 1 N–H and O–H groups in total. The summed E-state index contributed by atoms with van der Waals surface area (Å²) in [7, 11) is 0. The molecule has 3 fully saturated rings. The van der Waals surface area contributed by atoms with E-state index in [9.17, 15) is 5.11 Å². The number of aryl methyl sites for hydroxylation is 1. The first-order valence-electron chi connectivity index (χ1n) is 9.61. The maximum atomic E-state index is 10.8. The third-order valence-corrected chi connectivity index (χ3v) is 6.34. The highest BCUT2D eigenvalue weighted by Gasteiger charge is 2.44. The van der Waals surface area contributed by atoms with Crippen molar-refractivity contribution >= 4 is 11.3 Å². The molecule has 0 spiro atoms. The lowest BCUT2D eigenvalue weighted by Gasteiger charge is -2.43. The highest BCUT2D eigenvalue weighted by molar-refractivity contribution is 5.68. The molecule has 2 aromatic rings. The second-order valence-corrected chi connectivity index (χ2v) is 7.95. The van der Waals surface area contributed by atoms with Gasteiger partial charge in [0.2, 0.25) is 5.65 Å². The first-order chi connectivity index (χ1) is 12.7. The van der Waals surface area contributed by atoms with E-state index in [0.717, 1.165) is 69.3 Å². The molecule has 140 valence electrons. The summed E-state index contributed by atoms with van der Waals surface area (Å²) in [6, 6.07) is 2.38. The smallest absolute Gasteiger partial charge is 0.200 e. The highest BCUT2D eigenvalue weighted by atomic mass is 16.5. The third-order valence-electron chi connectivity index (χ3n) is 6.34. The molecule has 3 aliphatic rings. The van der Waals surface area contributed by atoms with Gasteiger partial charge in [0.15, 0.2) is 0 Å². The van der Waals surface area contributed by atoms with E-state index in [1.54, 1.807) is 10.8 Å². The highest BCUT2D eigenvalue weighted by Crippen LogP contribution is 2.40. The Morgan fingerprint density at radius 3 is 2.73 bits per heavy atom. The number of hydrogen-bond donors (Lipinski definition) is 1. The Morgan fingerprint density at radius 1 is 1.15 bits per heavy atom. The van der Waals surface area contributed by atoms with Crippen LogP contribution >= 0.6 is 0 Å². The van der Waals surface area contributed by atoms with Crippen LogP contribution < -0.4 is 4.90 Å². The van der Waals surface area contributed by atoms with E-state index < -0.39 is 0 Å². The standard InChI is InChI=1S/C18H26N6O2/c1-12-6-16(18-20-19-11-24(18)21-12)23-9-13-7-15(17(25)8-14(13)10-23)22-2-4-26-5-3-22/h6,11,13-15,17,25H,2-5,7-10H2,1H3/t13-,14+,15-,17-/m1/s1. The van der Waals surface area contributed by atoms with Gasteiger partial charge in [0.1, 0.15) is 6.33 Å². The molecule has 2 aliphatic heterocycles. The van der Waals surface area contributed by atoms with Gasteiger partial charge in [0.25, 0.3) is 0 Å². The van der Waals surface area contributed by atoms with Crippen LogP contribution in [-0.4, -0.2) is 81.4 Å². The summed E-state index contributed by atoms with van der Waals surface area (Å²) in [4.78, 5) is 4.85. The minimum Gasteiger partial charge on any atom is -0.391 e. The normalized spacial score (nSPS) is 32.9. The van der Waals surface area contributed by atoms with Crippen LogP contribution in [0.2, 0.25) is 0 Å². The van der Waals surface area contributed by atoms with Gasteiger partial charge in [-0.1, -0.05) is 0 Å². The number of aliphatic hydroxyl groups excluding tert-OH is 1. The van der Waals surface area contributed by atoms with Gasteiger partial charge in [-0.15, -0.1) is 10.2 Å². The van der Waals surface area contributed by atoms with E-state index in [0.29, 0.717) is 11.8 Å². The lowest BCUT2D eigenvalue weighted by Crippen LogP contribution is -2.53. The average molecular weight is 358 g/mol. The predicted octanol–water partition coefficient (Wildman–Crippen LogP) is 0.341. The summed E-state index contributed by atoms with van der Waals surface area (Å²) in [5, 5.41) is 23.5. The van der Waals surface area contributed by atoms with Crippen LogP contribution in [0.4, 0.5) is 5.69 Å². The number of ether oxygens (including phenoxy) is 1. The Labute approximate surface area is 152 Å². The van der Waals surface area contributed by atoms with Crippen molar-refractivity contribution < 1.29 is 9.84 Å². The van der Waals surface area contributed by atoms with Crippen LogP contribution in [0, 0.1) is 18.8 Å². The Balaban J connectivity index is 1.37. The van der Waals surface area contributed by atoms with Gasteiger partial charge >= 0.3 is 0 Å². The number of hydrogen-bond acceptors (Lipinski definition) is 7. The topological polar surface area (TPSA) is 79.0 Å². The van der Waals surface area contributed by atoms with Gasteiger partial charge in [-0.25, -0.2) is 0 Å². The van der Waals surface area contributed by atoms with Gasteiger partial charge in [-0.3, -0.25) is 4.90 Å². The minimum absolute atomic E-state index is 0.235. The molecule has 8 nitrogen and oxygen atoms in total. The van der Waals surface area contributed by atoms with Crippen LogP contribution in [0.15, 0.2) is 12.4 Å². The fourth-order valence-electron chi connectivity index (χ4n) is 5.07. The predicted molar refractivity (Wildman–Crippen MR) is 96.1 cm³/mol. The van der Waals surface area contributed by atoms with Crippen molar-refractivity contribution in [2.24, 2.45) is 11.8 Å². The number of anilines is 1. The molecule has 4 heterocycles. The molecule has 8 heteroatoms. The zero-order valence-corrected chi connectivity index (χ0v) is 15.2. The fraction of sp³-hybridized carbons (Fsp3) is 0.722. The van der Waals surface area contributed by atoms with E-state index in [2.05, 4.69) is 31.2 Å². The molecule has 2 saturated heterocycles. The molecule has 0 radical (unpaired) electrons. The van der Waals surface area contributed by atoms with Crippen molar-refractivity contribution in [1.29, 1.82) is 0 Å². The Kier molecular flexibility index (Phi) is 4.06. The molecule has 0 bridgehead atoms. The Bertz CT molecular complexity index is 789. The SMILES string of the molecule is Cc1cc(N2C[C@H]3C[C@@H](N4CCOCC4)[C@H](O)C[C@H]3C2)c2nncn2n1. The van der Waals surface area contributed by atoms with E-state index in [-0.39, 0.29) is 12.1 Å². The monoisotopic (exact) mass is 358 g/mol. The van der Waals surface area contributed by atoms with Crippen LogP contribution in [0.3, 0.4) is 0 Å². The van der Waals surface area contributed by atoms with Gasteiger partial charge in [-0.05, 0) is 37.7 Å². The molecule has 0 aromatic carbocycles. The van der Waals surface area contributed by atoms with Crippen molar-refractivity contribution in [1.82, 2.24) is 24.7 Å². The molecular weight excluding hydrogens is 332 g/mol. The summed E-state index contributed by atoms with van der Waals surface area (Å²) >= 11 is 0. The van der Waals surface area contributed by atoms with Crippen LogP contribution in [0.1, 0.15) is 18.5 Å². The number of rotatable bonds is 2. The van der Waals surface area contributed by atoms with E-state index >= 15 is 0 Å². The molecule has 1 saturated carbocycles. The van der Waals surface area contributed by atoms with Crippen LogP contribution in [-0.2, 0) is 4.74 Å². The summed E-state index contributed by atoms with van der Waals surface area (Å²) in [5.74, 6) is 1.15. The summed E-state index contributed by atoms with van der Waals surface area (Å²) in [6.45, 7) is 7.44. The molecule has 5 rings (SSSR count). The van der Waals surface area contributed by atoms with Crippen molar-refractivity contribution in [3.63, 3.8) is 0 Å². The lowest BCUT2D eigenvalue weighted by molar-refractivity contribution is -0.0520. The van der Waals surface area contributed by atoms with E-state index in [1.165, 1.54) is 0 Å². The number of aliphatic hydroxyl groups is 1. The van der Waals surface area contributed by atoms with Gasteiger partial charge < -0.3 is 14.7 Å². The first kappa shape index (κ1) is 16.4.